The SMILES string of the molecule is COc1ccc(Cl)c2c1-n1c(C)nnc1C(C)(C)N2. The van der Waals surface area contributed by atoms with Crippen molar-refractivity contribution in [3.05, 3.63) is 28.8 Å². The van der Waals surface area contributed by atoms with Gasteiger partial charge in [-0.1, -0.05) is 11.6 Å². The molecule has 2 aromatic rings. The van der Waals surface area contributed by atoms with Crippen molar-refractivity contribution in [2.45, 2.75) is 26.3 Å². The summed E-state index contributed by atoms with van der Waals surface area (Å²) in [6.45, 7) is 6.01. The predicted octanol–water partition coefficient (Wildman–Crippen LogP) is 2.90. The molecule has 1 aromatic carbocycles. The van der Waals surface area contributed by atoms with Crippen LogP contribution in [0.5, 0.6) is 5.75 Å². The molecule has 0 aliphatic carbocycles. The Kier molecular flexibility index (Phi) is 2.50. The second kappa shape index (κ2) is 3.87. The van der Waals surface area contributed by atoms with Crippen LogP contribution in [0.25, 0.3) is 5.69 Å². The van der Waals surface area contributed by atoms with Crippen LogP contribution < -0.4 is 10.1 Å². The van der Waals surface area contributed by atoms with Crippen molar-refractivity contribution in [2.24, 2.45) is 0 Å². The monoisotopic (exact) mass is 278 g/mol. The van der Waals surface area contributed by atoms with Crippen molar-refractivity contribution in [1.82, 2.24) is 14.8 Å². The number of benzene rings is 1. The maximum Gasteiger partial charge on any atom is 0.162 e. The largest absolute Gasteiger partial charge is 0.494 e. The smallest absolute Gasteiger partial charge is 0.162 e. The number of nitrogens with one attached hydrogen (secondary N) is 1. The zero-order valence-electron chi connectivity index (χ0n) is 11.3. The lowest BCUT2D eigenvalue weighted by Crippen LogP contribution is -2.36. The van der Waals surface area contributed by atoms with Crippen molar-refractivity contribution in [1.29, 1.82) is 0 Å². The molecular weight excluding hydrogens is 264 g/mol. The minimum atomic E-state index is -0.343. The van der Waals surface area contributed by atoms with Crippen LogP contribution in [0.1, 0.15) is 25.5 Å². The Morgan fingerprint density at radius 3 is 2.74 bits per heavy atom. The molecule has 19 heavy (non-hydrogen) atoms. The lowest BCUT2D eigenvalue weighted by molar-refractivity contribution is 0.409. The Balaban J connectivity index is 2.41. The second-order valence-electron chi connectivity index (χ2n) is 5.13. The van der Waals surface area contributed by atoms with Crippen LogP contribution in [0, 0.1) is 6.92 Å². The van der Waals surface area contributed by atoms with Gasteiger partial charge in [0, 0.05) is 0 Å². The average molecular weight is 279 g/mol. The molecule has 1 aliphatic heterocycles. The lowest BCUT2D eigenvalue weighted by atomic mass is 10.00. The Morgan fingerprint density at radius 1 is 1.32 bits per heavy atom. The van der Waals surface area contributed by atoms with Gasteiger partial charge >= 0.3 is 0 Å². The normalized spacial score (nSPS) is 15.4. The van der Waals surface area contributed by atoms with Crippen molar-refractivity contribution >= 4 is 17.3 Å². The number of aromatic nitrogens is 3. The molecule has 0 atom stereocenters. The molecule has 1 aromatic heterocycles. The number of rotatable bonds is 1. The van der Waals surface area contributed by atoms with Gasteiger partial charge < -0.3 is 10.1 Å². The third-order valence-electron chi connectivity index (χ3n) is 3.35. The summed E-state index contributed by atoms with van der Waals surface area (Å²) in [4.78, 5) is 0. The summed E-state index contributed by atoms with van der Waals surface area (Å²) in [7, 11) is 1.64. The van der Waals surface area contributed by atoms with E-state index in [4.69, 9.17) is 16.3 Å². The van der Waals surface area contributed by atoms with Crippen LogP contribution in [0.4, 0.5) is 5.69 Å². The number of halogens is 1. The van der Waals surface area contributed by atoms with Gasteiger partial charge in [0.25, 0.3) is 0 Å². The highest BCUT2D eigenvalue weighted by atomic mass is 35.5. The minimum Gasteiger partial charge on any atom is -0.494 e. The van der Waals surface area contributed by atoms with E-state index < -0.39 is 0 Å². The summed E-state index contributed by atoms with van der Waals surface area (Å²) >= 11 is 6.31. The predicted molar refractivity (Wildman–Crippen MR) is 74.3 cm³/mol. The van der Waals surface area contributed by atoms with Crippen molar-refractivity contribution < 1.29 is 4.74 Å². The maximum absolute atomic E-state index is 6.31. The summed E-state index contributed by atoms with van der Waals surface area (Å²) < 4.78 is 7.44. The van der Waals surface area contributed by atoms with E-state index in [0.717, 1.165) is 28.8 Å². The molecule has 2 heterocycles. The van der Waals surface area contributed by atoms with Gasteiger partial charge in [-0.25, -0.2) is 0 Å². The first-order valence-corrected chi connectivity index (χ1v) is 6.41. The highest BCUT2D eigenvalue weighted by Gasteiger charge is 2.36. The third kappa shape index (κ3) is 1.61. The number of anilines is 1. The molecule has 0 unspecified atom stereocenters. The van der Waals surface area contributed by atoms with Crippen molar-refractivity contribution in [2.75, 3.05) is 12.4 Å². The van der Waals surface area contributed by atoms with Gasteiger partial charge in [-0.2, -0.15) is 0 Å². The van der Waals surface area contributed by atoms with Crippen LogP contribution in [0.15, 0.2) is 12.1 Å². The van der Waals surface area contributed by atoms with E-state index in [-0.39, 0.29) is 5.54 Å². The van der Waals surface area contributed by atoms with Crippen molar-refractivity contribution in [3.8, 4) is 11.4 Å². The van der Waals surface area contributed by atoms with Crippen LogP contribution in [0.2, 0.25) is 5.02 Å². The van der Waals surface area contributed by atoms with Gasteiger partial charge in [-0.3, -0.25) is 4.57 Å². The number of aryl methyl sites for hydroxylation is 1. The molecule has 0 amide bonds. The topological polar surface area (TPSA) is 52.0 Å². The Bertz CT molecular complexity index is 663. The third-order valence-corrected chi connectivity index (χ3v) is 3.67. The molecule has 0 fully saturated rings. The van der Waals surface area contributed by atoms with Crippen LogP contribution >= 0.6 is 11.6 Å². The van der Waals surface area contributed by atoms with Gasteiger partial charge in [0.2, 0.25) is 0 Å². The fraction of sp³-hybridized carbons (Fsp3) is 0.385. The summed E-state index contributed by atoms with van der Waals surface area (Å²) in [5.41, 5.74) is 1.37. The van der Waals surface area contributed by atoms with Gasteiger partial charge in [-0.05, 0) is 32.9 Å². The first kappa shape index (κ1) is 12.3. The Morgan fingerprint density at radius 2 is 2.05 bits per heavy atom. The fourth-order valence-electron chi connectivity index (χ4n) is 2.46. The first-order chi connectivity index (χ1) is 8.95. The number of fused-ring (bicyclic) bond motifs is 3. The molecule has 100 valence electrons. The second-order valence-corrected chi connectivity index (χ2v) is 5.54. The number of hydrogen-bond acceptors (Lipinski definition) is 4. The van der Waals surface area contributed by atoms with Gasteiger partial charge in [0.1, 0.15) is 17.3 Å². The van der Waals surface area contributed by atoms with E-state index in [2.05, 4.69) is 15.5 Å². The van der Waals surface area contributed by atoms with Crippen LogP contribution in [0.3, 0.4) is 0 Å². The highest BCUT2D eigenvalue weighted by molar-refractivity contribution is 6.34. The summed E-state index contributed by atoms with van der Waals surface area (Å²) in [5.74, 6) is 2.40. The summed E-state index contributed by atoms with van der Waals surface area (Å²) in [5, 5.41) is 12.5. The molecule has 1 N–H and O–H groups in total. The molecular formula is C13H15ClN4O. The molecule has 0 bridgehead atoms. The highest BCUT2D eigenvalue weighted by Crippen LogP contribution is 2.44. The van der Waals surface area contributed by atoms with Gasteiger partial charge in [0.15, 0.2) is 5.82 Å². The number of nitrogens with zero attached hydrogens (tertiary/aromatic N) is 3. The zero-order chi connectivity index (χ0) is 13.8. The van der Waals surface area contributed by atoms with Gasteiger partial charge in [0.05, 0.1) is 23.4 Å². The standard InChI is InChI=1S/C13H15ClN4O/c1-7-16-17-12-13(2,3)15-10-8(14)5-6-9(19-4)11(10)18(7)12/h5-6,15H,1-4H3. The quantitative estimate of drug-likeness (QED) is 0.871. The zero-order valence-corrected chi connectivity index (χ0v) is 12.0. The Labute approximate surface area is 116 Å². The van der Waals surface area contributed by atoms with E-state index in [1.165, 1.54) is 0 Å². The van der Waals surface area contributed by atoms with Crippen LogP contribution in [-0.4, -0.2) is 21.9 Å². The summed E-state index contributed by atoms with van der Waals surface area (Å²) in [6.07, 6.45) is 0. The van der Waals surface area contributed by atoms with E-state index in [9.17, 15) is 0 Å². The summed E-state index contributed by atoms with van der Waals surface area (Å²) in [6, 6.07) is 3.68. The fourth-order valence-corrected chi connectivity index (χ4v) is 2.66. The maximum atomic E-state index is 6.31. The number of hydrogen-bond donors (Lipinski definition) is 1. The number of ether oxygens (including phenoxy) is 1. The molecule has 3 rings (SSSR count). The molecule has 6 heteroatoms. The first-order valence-electron chi connectivity index (χ1n) is 6.03. The molecule has 0 radical (unpaired) electrons. The van der Waals surface area contributed by atoms with E-state index >= 15 is 0 Å². The molecule has 0 saturated heterocycles. The molecule has 0 spiro atoms. The Hall–Kier alpha value is -1.75. The van der Waals surface area contributed by atoms with E-state index in [1.54, 1.807) is 7.11 Å². The number of methoxy groups -OCH3 is 1. The molecule has 5 nitrogen and oxygen atoms in total. The van der Waals surface area contributed by atoms with E-state index in [1.807, 2.05) is 37.5 Å². The minimum absolute atomic E-state index is 0.343. The van der Waals surface area contributed by atoms with Gasteiger partial charge in [-0.15, -0.1) is 10.2 Å². The van der Waals surface area contributed by atoms with E-state index in [0.29, 0.717) is 5.02 Å². The lowest BCUT2D eigenvalue weighted by Gasteiger charge is -2.34. The van der Waals surface area contributed by atoms with Crippen LogP contribution in [-0.2, 0) is 5.54 Å². The average Bonchev–Trinajstić information content (AvgIpc) is 2.74. The molecule has 1 aliphatic rings. The van der Waals surface area contributed by atoms with Crippen molar-refractivity contribution in [3.63, 3.8) is 0 Å². The molecule has 0 saturated carbocycles.